The minimum atomic E-state index is -4.34. The molecule has 0 saturated carbocycles. The van der Waals surface area contributed by atoms with Crippen molar-refractivity contribution in [2.45, 2.75) is 206 Å². The van der Waals surface area contributed by atoms with E-state index in [1.54, 1.807) is 6.08 Å². The number of phosphoric ester groups is 1. The number of nitrogens with zero attached hydrogens (tertiary/aromatic N) is 1. The fourth-order valence-electron chi connectivity index (χ4n) is 6.17. The van der Waals surface area contributed by atoms with Crippen LogP contribution >= 0.6 is 7.82 Å². The smallest absolute Gasteiger partial charge is 0.387 e. The van der Waals surface area contributed by atoms with Gasteiger partial charge < -0.3 is 19.8 Å². The monoisotopic (exact) mass is 758 g/mol. The van der Waals surface area contributed by atoms with Crippen LogP contribution in [0, 0.1) is 0 Å². The Morgan fingerprint density at radius 2 is 1.06 bits per heavy atom. The number of aliphatic hydroxyl groups is 1. The fourth-order valence-corrected chi connectivity index (χ4v) is 6.91. The highest BCUT2D eigenvalue weighted by Gasteiger charge is 2.27. The van der Waals surface area contributed by atoms with E-state index in [4.69, 9.17) is 9.05 Å². The summed E-state index contributed by atoms with van der Waals surface area (Å²) in [6, 6.07) is -0.857. The van der Waals surface area contributed by atoms with Crippen molar-refractivity contribution in [2.75, 3.05) is 40.9 Å². The molecule has 3 atom stereocenters. The molecule has 0 bridgehead atoms. The Hall–Kier alpha value is -1.02. The first-order valence-corrected chi connectivity index (χ1v) is 23.2. The molecule has 3 unspecified atom stereocenters. The van der Waals surface area contributed by atoms with Crippen LogP contribution in [0.3, 0.4) is 0 Å². The number of allylic oxidation sites excluding steroid dienone is 3. The predicted octanol–water partition coefficient (Wildman–Crippen LogP) is 11.7. The Labute approximate surface area is 322 Å². The third kappa shape index (κ3) is 37.3. The van der Waals surface area contributed by atoms with Gasteiger partial charge in [-0.25, -0.2) is 4.57 Å². The molecule has 308 valence electrons. The van der Waals surface area contributed by atoms with Gasteiger partial charge in [-0.05, 0) is 32.1 Å². The lowest BCUT2D eigenvalue weighted by Crippen LogP contribution is -2.45. The number of hydrogen-bond donors (Lipinski definition) is 3. The minimum absolute atomic E-state index is 0.0581. The Bertz CT molecular complexity index is 907. The van der Waals surface area contributed by atoms with E-state index in [0.29, 0.717) is 17.4 Å². The van der Waals surface area contributed by atoms with Crippen LogP contribution in [0.25, 0.3) is 0 Å². The van der Waals surface area contributed by atoms with Gasteiger partial charge in [0.15, 0.2) is 0 Å². The van der Waals surface area contributed by atoms with Crippen LogP contribution < -0.4 is 5.32 Å². The van der Waals surface area contributed by atoms with Gasteiger partial charge in [0.25, 0.3) is 0 Å². The number of unbranched alkanes of at least 4 members (excludes halogenated alkanes) is 24. The summed E-state index contributed by atoms with van der Waals surface area (Å²) in [4.78, 5) is 23.1. The molecular formula is C43H86N2O6P+. The van der Waals surface area contributed by atoms with E-state index in [1.807, 2.05) is 27.2 Å². The van der Waals surface area contributed by atoms with E-state index in [2.05, 4.69) is 31.3 Å². The summed E-state index contributed by atoms with van der Waals surface area (Å²) < 4.78 is 23.5. The van der Waals surface area contributed by atoms with Gasteiger partial charge in [-0.3, -0.25) is 13.8 Å². The molecule has 0 aromatic rings. The molecule has 0 aliphatic heterocycles. The van der Waals surface area contributed by atoms with Crippen LogP contribution in [0.1, 0.15) is 194 Å². The number of carbonyl (C=O) groups is 1. The molecule has 0 aliphatic rings. The molecule has 9 heteroatoms. The van der Waals surface area contributed by atoms with E-state index in [1.165, 1.54) is 135 Å². The first kappa shape index (κ1) is 51.0. The summed E-state index contributed by atoms with van der Waals surface area (Å²) in [5, 5.41) is 13.8. The lowest BCUT2D eigenvalue weighted by molar-refractivity contribution is -0.870. The van der Waals surface area contributed by atoms with Gasteiger partial charge in [-0.1, -0.05) is 179 Å². The first-order valence-electron chi connectivity index (χ1n) is 21.7. The maximum absolute atomic E-state index is 12.8. The number of likely N-dealkylation sites (N-methyl/N-ethyl adjacent to an activating group) is 1. The van der Waals surface area contributed by atoms with Crippen molar-refractivity contribution in [1.82, 2.24) is 5.32 Å². The standard InChI is InChI=1S/C43H85N2O6P/c1-6-8-10-12-14-16-18-20-21-22-23-25-27-29-31-33-35-37-43(47)44-41(40-51-52(48,49)50-39-38-45(3,4)5)42(46)36-34-32-30-28-26-24-19-17-15-13-11-9-7-2/h26,28,34,36,41-42,46H,6-25,27,29-33,35,37-40H2,1-5H3,(H-,44,47,48,49)/p+1/b28-26+,36-34+. The number of carbonyl (C=O) groups excluding carboxylic acids is 1. The summed E-state index contributed by atoms with van der Waals surface area (Å²) in [5.74, 6) is -0.186. The molecule has 0 saturated heterocycles. The predicted molar refractivity (Wildman–Crippen MR) is 221 cm³/mol. The number of nitrogens with one attached hydrogen (secondary N) is 1. The summed E-state index contributed by atoms with van der Waals surface area (Å²) in [5.41, 5.74) is 0. The molecule has 0 aliphatic carbocycles. The largest absolute Gasteiger partial charge is 0.472 e. The number of amides is 1. The van der Waals surface area contributed by atoms with Crippen molar-refractivity contribution in [3.05, 3.63) is 24.3 Å². The second-order valence-corrected chi connectivity index (χ2v) is 17.5. The molecule has 0 aromatic heterocycles. The van der Waals surface area contributed by atoms with Crippen LogP contribution in [0.4, 0.5) is 0 Å². The zero-order valence-corrected chi connectivity index (χ0v) is 35.7. The van der Waals surface area contributed by atoms with E-state index in [-0.39, 0.29) is 19.1 Å². The first-order chi connectivity index (χ1) is 25.0. The summed E-state index contributed by atoms with van der Waals surface area (Å²) >= 11 is 0. The van der Waals surface area contributed by atoms with Crippen molar-refractivity contribution in [2.24, 2.45) is 0 Å². The highest BCUT2D eigenvalue weighted by Crippen LogP contribution is 2.43. The molecule has 1 amide bonds. The lowest BCUT2D eigenvalue weighted by Gasteiger charge is -2.25. The number of quaternary nitrogens is 1. The topological polar surface area (TPSA) is 105 Å². The average Bonchev–Trinajstić information content (AvgIpc) is 3.09. The van der Waals surface area contributed by atoms with Gasteiger partial charge in [0.2, 0.25) is 5.91 Å². The summed E-state index contributed by atoms with van der Waals surface area (Å²) in [6.07, 6.45) is 41.0. The second-order valence-electron chi connectivity index (χ2n) is 16.1. The van der Waals surface area contributed by atoms with Crippen LogP contribution in [-0.2, 0) is 18.4 Å². The van der Waals surface area contributed by atoms with Gasteiger partial charge in [0.05, 0.1) is 39.9 Å². The molecule has 0 radical (unpaired) electrons. The van der Waals surface area contributed by atoms with E-state index in [9.17, 15) is 19.4 Å². The Balaban J connectivity index is 4.44. The van der Waals surface area contributed by atoms with Gasteiger partial charge in [-0.2, -0.15) is 0 Å². The number of rotatable bonds is 39. The maximum atomic E-state index is 12.8. The maximum Gasteiger partial charge on any atom is 0.472 e. The van der Waals surface area contributed by atoms with Crippen LogP contribution in [-0.4, -0.2) is 73.4 Å². The number of phosphoric acid groups is 1. The number of hydrogen-bond acceptors (Lipinski definition) is 5. The van der Waals surface area contributed by atoms with E-state index >= 15 is 0 Å². The molecule has 52 heavy (non-hydrogen) atoms. The molecule has 0 spiro atoms. The molecule has 0 rings (SSSR count). The fraction of sp³-hybridized carbons (Fsp3) is 0.884. The molecule has 0 heterocycles. The molecule has 8 nitrogen and oxygen atoms in total. The third-order valence-corrected chi connectivity index (χ3v) is 10.7. The van der Waals surface area contributed by atoms with Crippen molar-refractivity contribution < 1.29 is 32.9 Å². The van der Waals surface area contributed by atoms with Crippen molar-refractivity contribution in [1.29, 1.82) is 0 Å². The highest BCUT2D eigenvalue weighted by molar-refractivity contribution is 7.47. The van der Waals surface area contributed by atoms with E-state index in [0.717, 1.165) is 38.5 Å². The second kappa shape index (κ2) is 35.7. The van der Waals surface area contributed by atoms with Gasteiger partial charge in [0.1, 0.15) is 13.2 Å². The van der Waals surface area contributed by atoms with Gasteiger partial charge >= 0.3 is 7.82 Å². The SMILES string of the molecule is CCCCCCCCC/C=C/CC/C=C/C(O)C(COP(=O)(O)OCC[N+](C)(C)C)NC(=O)CCCCCCCCCCCCCCCCCCC. The Kier molecular flexibility index (Phi) is 35.0. The third-order valence-electron chi connectivity index (χ3n) is 9.67. The van der Waals surface area contributed by atoms with Crippen LogP contribution in [0.15, 0.2) is 24.3 Å². The highest BCUT2D eigenvalue weighted by atomic mass is 31.2. The lowest BCUT2D eigenvalue weighted by atomic mass is 10.0. The number of aliphatic hydroxyl groups excluding tert-OH is 1. The van der Waals surface area contributed by atoms with Crippen molar-refractivity contribution in [3.63, 3.8) is 0 Å². The zero-order chi connectivity index (χ0) is 38.6. The Morgan fingerprint density at radius 3 is 1.54 bits per heavy atom. The molecular weight excluding hydrogens is 671 g/mol. The van der Waals surface area contributed by atoms with Crippen molar-refractivity contribution >= 4 is 13.7 Å². The summed E-state index contributed by atoms with van der Waals surface area (Å²) in [6.45, 7) is 4.78. The Morgan fingerprint density at radius 1 is 0.635 bits per heavy atom. The quantitative estimate of drug-likeness (QED) is 0.0250. The molecule has 0 fully saturated rings. The van der Waals surface area contributed by atoms with E-state index < -0.39 is 20.0 Å². The minimum Gasteiger partial charge on any atom is -0.387 e. The zero-order valence-electron chi connectivity index (χ0n) is 34.8. The van der Waals surface area contributed by atoms with Crippen LogP contribution in [0.2, 0.25) is 0 Å². The van der Waals surface area contributed by atoms with Gasteiger partial charge in [-0.15, -0.1) is 0 Å². The average molecular weight is 758 g/mol. The van der Waals surface area contributed by atoms with Crippen LogP contribution in [0.5, 0.6) is 0 Å². The normalized spacial score (nSPS) is 14.7. The molecule has 0 aromatic carbocycles. The molecule has 3 N–H and O–H groups in total. The van der Waals surface area contributed by atoms with Gasteiger partial charge in [0, 0.05) is 6.42 Å². The summed E-state index contributed by atoms with van der Waals surface area (Å²) in [7, 11) is 1.56. The van der Waals surface area contributed by atoms with Crippen molar-refractivity contribution in [3.8, 4) is 0 Å².